The van der Waals surface area contributed by atoms with Gasteiger partial charge in [0.05, 0.1) is 26.0 Å². The van der Waals surface area contributed by atoms with Crippen molar-refractivity contribution in [3.63, 3.8) is 0 Å². The maximum Gasteiger partial charge on any atom is 0.180 e. The van der Waals surface area contributed by atoms with Crippen LogP contribution in [0.3, 0.4) is 0 Å². The Labute approximate surface area is 152 Å². The van der Waals surface area contributed by atoms with Crippen LogP contribution in [0, 0.1) is 0 Å². The van der Waals surface area contributed by atoms with Crippen molar-refractivity contribution in [2.45, 2.75) is 19.5 Å². The topological polar surface area (TPSA) is 51.2 Å². The van der Waals surface area contributed by atoms with Gasteiger partial charge in [-0.05, 0) is 11.1 Å². The van der Waals surface area contributed by atoms with Crippen LogP contribution < -0.4 is 0 Å². The Balaban J connectivity index is 1.47. The molecule has 0 saturated heterocycles. The van der Waals surface area contributed by atoms with Gasteiger partial charge in [0.2, 0.25) is 0 Å². The van der Waals surface area contributed by atoms with Crippen LogP contribution in [0.25, 0.3) is 0 Å². The molecule has 1 N–H and O–H groups in total. The zero-order valence-corrected chi connectivity index (χ0v) is 14.4. The fourth-order valence-corrected chi connectivity index (χ4v) is 3.00. The Morgan fingerprint density at radius 3 is 2.31 bits per heavy atom. The standard InChI is InChI=1S/C21H21NO4/c23-21-18-11-22(26-14-17-9-5-2-6-10-17)12-20(19(18)15-25-21)24-13-16-7-3-1-4-8-16/h1-10,12,21,23H,11,13-15H2. The summed E-state index contributed by atoms with van der Waals surface area (Å²) in [5.74, 6) is 0.680. The maximum absolute atomic E-state index is 10.1. The van der Waals surface area contributed by atoms with Crippen LogP contribution in [0.5, 0.6) is 0 Å². The van der Waals surface area contributed by atoms with Gasteiger partial charge in [0.1, 0.15) is 12.4 Å². The Kier molecular flexibility index (Phi) is 5.02. The predicted molar refractivity (Wildman–Crippen MR) is 96.2 cm³/mol. The molecule has 5 nitrogen and oxygen atoms in total. The lowest BCUT2D eigenvalue weighted by Crippen LogP contribution is -2.28. The monoisotopic (exact) mass is 351 g/mol. The van der Waals surface area contributed by atoms with E-state index in [1.807, 2.05) is 66.9 Å². The molecule has 0 amide bonds. The molecular formula is C21H21NO4. The molecule has 0 aromatic heterocycles. The van der Waals surface area contributed by atoms with Gasteiger partial charge in [0.25, 0.3) is 0 Å². The van der Waals surface area contributed by atoms with E-state index in [2.05, 4.69) is 0 Å². The summed E-state index contributed by atoms with van der Waals surface area (Å²) >= 11 is 0. The lowest BCUT2D eigenvalue weighted by Gasteiger charge is -2.27. The molecular weight excluding hydrogens is 330 g/mol. The second-order valence-electron chi connectivity index (χ2n) is 6.27. The van der Waals surface area contributed by atoms with E-state index >= 15 is 0 Å². The van der Waals surface area contributed by atoms with E-state index in [1.165, 1.54) is 0 Å². The van der Waals surface area contributed by atoms with E-state index < -0.39 is 6.29 Å². The van der Waals surface area contributed by atoms with E-state index in [-0.39, 0.29) is 0 Å². The number of hydrogen-bond acceptors (Lipinski definition) is 5. The Morgan fingerprint density at radius 1 is 0.962 bits per heavy atom. The minimum Gasteiger partial charge on any atom is -0.487 e. The first-order chi connectivity index (χ1) is 12.8. The summed E-state index contributed by atoms with van der Waals surface area (Å²) in [6, 6.07) is 19.9. The quantitative estimate of drug-likeness (QED) is 0.866. The van der Waals surface area contributed by atoms with Crippen LogP contribution in [0.4, 0.5) is 0 Å². The number of aliphatic hydroxyl groups is 1. The molecule has 0 bridgehead atoms. The zero-order valence-electron chi connectivity index (χ0n) is 14.4. The summed E-state index contributed by atoms with van der Waals surface area (Å²) in [6.07, 6.45) is 0.934. The highest BCUT2D eigenvalue weighted by Gasteiger charge is 2.32. The predicted octanol–water partition coefficient (Wildman–Crippen LogP) is 3.14. The van der Waals surface area contributed by atoms with Crippen molar-refractivity contribution in [3.8, 4) is 0 Å². The van der Waals surface area contributed by atoms with Gasteiger partial charge < -0.3 is 14.6 Å². The first kappa shape index (κ1) is 16.8. The highest BCUT2D eigenvalue weighted by Crippen LogP contribution is 2.32. The summed E-state index contributed by atoms with van der Waals surface area (Å²) in [6.45, 7) is 1.71. The third kappa shape index (κ3) is 3.80. The number of hydroxylamine groups is 2. The lowest BCUT2D eigenvalue weighted by molar-refractivity contribution is -0.135. The van der Waals surface area contributed by atoms with Gasteiger partial charge in [-0.15, -0.1) is 0 Å². The molecule has 0 saturated carbocycles. The third-order valence-electron chi connectivity index (χ3n) is 4.43. The summed E-state index contributed by atoms with van der Waals surface area (Å²) < 4.78 is 11.4. The second-order valence-corrected chi connectivity index (χ2v) is 6.27. The average molecular weight is 351 g/mol. The first-order valence-electron chi connectivity index (χ1n) is 8.63. The molecule has 2 aromatic carbocycles. The number of benzene rings is 2. The fourth-order valence-electron chi connectivity index (χ4n) is 3.00. The normalized spacial score (nSPS) is 19.3. The Bertz CT molecular complexity index is 801. The van der Waals surface area contributed by atoms with E-state index in [9.17, 15) is 5.11 Å². The molecule has 2 aliphatic rings. The van der Waals surface area contributed by atoms with Crippen molar-refractivity contribution in [2.24, 2.45) is 0 Å². The van der Waals surface area contributed by atoms with E-state index in [0.29, 0.717) is 32.1 Å². The Hall–Kier alpha value is -2.60. The van der Waals surface area contributed by atoms with Gasteiger partial charge in [-0.2, -0.15) is 0 Å². The minimum atomic E-state index is -0.906. The second kappa shape index (κ2) is 7.74. The number of nitrogens with zero attached hydrogens (tertiary/aromatic N) is 1. The van der Waals surface area contributed by atoms with Gasteiger partial charge >= 0.3 is 0 Å². The van der Waals surface area contributed by atoms with Crippen LogP contribution in [0.15, 0.2) is 83.8 Å². The molecule has 1 unspecified atom stereocenters. The first-order valence-corrected chi connectivity index (χ1v) is 8.63. The van der Waals surface area contributed by atoms with Crippen LogP contribution in [0.2, 0.25) is 0 Å². The van der Waals surface area contributed by atoms with E-state index in [1.54, 1.807) is 5.06 Å². The zero-order chi connectivity index (χ0) is 17.8. The number of aliphatic hydroxyl groups excluding tert-OH is 1. The van der Waals surface area contributed by atoms with Gasteiger partial charge in [-0.3, -0.25) is 9.90 Å². The van der Waals surface area contributed by atoms with Crippen molar-refractivity contribution in [2.75, 3.05) is 13.2 Å². The summed E-state index contributed by atoms with van der Waals surface area (Å²) in [7, 11) is 0. The highest BCUT2D eigenvalue weighted by atomic mass is 16.7. The largest absolute Gasteiger partial charge is 0.487 e. The van der Waals surface area contributed by atoms with Crippen molar-refractivity contribution in [1.29, 1.82) is 0 Å². The maximum atomic E-state index is 10.1. The van der Waals surface area contributed by atoms with Crippen LogP contribution in [-0.4, -0.2) is 29.6 Å². The summed E-state index contributed by atoms with van der Waals surface area (Å²) in [5.41, 5.74) is 3.87. The van der Waals surface area contributed by atoms with Gasteiger partial charge in [-0.25, -0.2) is 0 Å². The molecule has 2 aromatic rings. The minimum absolute atomic E-state index is 0.351. The molecule has 4 rings (SSSR count). The van der Waals surface area contributed by atoms with Crippen molar-refractivity contribution in [1.82, 2.24) is 5.06 Å². The smallest absolute Gasteiger partial charge is 0.180 e. The highest BCUT2D eigenvalue weighted by molar-refractivity contribution is 5.39. The van der Waals surface area contributed by atoms with E-state index in [0.717, 1.165) is 22.3 Å². The summed E-state index contributed by atoms with van der Waals surface area (Å²) in [5, 5.41) is 11.8. The molecule has 0 aliphatic carbocycles. The summed E-state index contributed by atoms with van der Waals surface area (Å²) in [4.78, 5) is 5.88. The van der Waals surface area contributed by atoms with Crippen LogP contribution >= 0.6 is 0 Å². The lowest BCUT2D eigenvalue weighted by atomic mass is 10.1. The average Bonchev–Trinajstić information content (AvgIpc) is 3.07. The molecule has 0 radical (unpaired) electrons. The van der Waals surface area contributed by atoms with Crippen molar-refractivity contribution < 1.29 is 19.4 Å². The molecule has 0 fully saturated rings. The van der Waals surface area contributed by atoms with Crippen LogP contribution in [0.1, 0.15) is 11.1 Å². The molecule has 134 valence electrons. The van der Waals surface area contributed by atoms with Gasteiger partial charge in [0, 0.05) is 11.1 Å². The molecule has 5 heteroatoms. The molecule has 0 spiro atoms. The molecule has 1 atom stereocenters. The fraction of sp³-hybridized carbons (Fsp3) is 0.238. The number of hydrogen-bond donors (Lipinski definition) is 1. The van der Waals surface area contributed by atoms with Crippen LogP contribution in [-0.2, 0) is 27.5 Å². The van der Waals surface area contributed by atoms with Gasteiger partial charge in [0.15, 0.2) is 6.29 Å². The molecule has 2 aliphatic heterocycles. The Morgan fingerprint density at radius 2 is 1.62 bits per heavy atom. The SMILES string of the molecule is OC1OCC2=C1CN(OCc1ccccc1)C=C2OCc1ccccc1. The number of ether oxygens (including phenoxy) is 2. The van der Waals surface area contributed by atoms with Gasteiger partial charge in [-0.1, -0.05) is 60.7 Å². The third-order valence-corrected chi connectivity index (χ3v) is 4.43. The number of rotatable bonds is 6. The van der Waals surface area contributed by atoms with Crippen molar-refractivity contribution in [3.05, 3.63) is 94.9 Å². The van der Waals surface area contributed by atoms with E-state index in [4.69, 9.17) is 14.3 Å². The molecule has 26 heavy (non-hydrogen) atoms. The van der Waals surface area contributed by atoms with Crippen molar-refractivity contribution >= 4 is 0 Å². The molecule has 2 heterocycles.